The van der Waals surface area contributed by atoms with Gasteiger partial charge in [-0.3, -0.25) is 4.79 Å². The minimum Gasteiger partial charge on any atom is -0.512 e. The Bertz CT molecular complexity index is 262. The Labute approximate surface area is 69.6 Å². The average Bonchev–Trinajstić information content (AvgIpc) is 1.84. The SMILES string of the molecule is CC(=O)C(/C=N\C(N)=O)=C(C)O. The van der Waals surface area contributed by atoms with Gasteiger partial charge in [-0.05, 0) is 13.8 Å². The number of aliphatic imine (C=N–C) groups is 1. The number of nitrogens with two attached hydrogens (primary N) is 1. The number of rotatable bonds is 2. The number of ketones is 1. The lowest BCUT2D eigenvalue weighted by atomic mass is 10.2. The molecule has 0 saturated carbocycles. The van der Waals surface area contributed by atoms with Crippen LogP contribution in [0.15, 0.2) is 16.3 Å². The molecule has 0 aliphatic carbocycles. The summed E-state index contributed by atoms with van der Waals surface area (Å²) in [6.45, 7) is 2.58. The smallest absolute Gasteiger partial charge is 0.338 e. The molecule has 0 aromatic carbocycles. The van der Waals surface area contributed by atoms with Gasteiger partial charge < -0.3 is 10.8 Å². The second kappa shape index (κ2) is 4.27. The number of nitrogens with zero attached hydrogens (tertiary/aromatic N) is 1. The molecule has 0 unspecified atom stereocenters. The zero-order valence-electron chi connectivity index (χ0n) is 6.87. The second-order valence-corrected chi connectivity index (χ2v) is 2.15. The molecule has 66 valence electrons. The molecule has 0 aliphatic heterocycles. The van der Waals surface area contributed by atoms with E-state index in [1.165, 1.54) is 13.8 Å². The van der Waals surface area contributed by atoms with Crippen LogP contribution in [0.4, 0.5) is 4.79 Å². The van der Waals surface area contributed by atoms with Gasteiger partial charge in [-0.15, -0.1) is 0 Å². The van der Waals surface area contributed by atoms with Crippen molar-refractivity contribution in [1.29, 1.82) is 0 Å². The molecule has 0 heterocycles. The molecule has 3 N–H and O–H groups in total. The van der Waals surface area contributed by atoms with E-state index in [0.717, 1.165) is 6.21 Å². The number of carbonyl (C=O) groups excluding carboxylic acids is 2. The van der Waals surface area contributed by atoms with Crippen LogP contribution in [-0.2, 0) is 4.79 Å². The van der Waals surface area contributed by atoms with Crippen LogP contribution in [0, 0.1) is 0 Å². The van der Waals surface area contributed by atoms with Gasteiger partial charge in [0, 0.05) is 6.21 Å². The molecule has 0 fully saturated rings. The summed E-state index contributed by atoms with van der Waals surface area (Å²) in [5, 5.41) is 8.91. The first-order chi connectivity index (χ1) is 5.45. The largest absolute Gasteiger partial charge is 0.512 e. The van der Waals surface area contributed by atoms with Crippen LogP contribution in [-0.4, -0.2) is 23.1 Å². The van der Waals surface area contributed by atoms with Gasteiger partial charge in [0.05, 0.1) is 5.57 Å². The Morgan fingerprint density at radius 3 is 2.17 bits per heavy atom. The summed E-state index contributed by atoms with van der Waals surface area (Å²) in [6, 6.07) is -0.907. The molecule has 0 radical (unpaired) electrons. The number of aliphatic hydroxyl groups excluding tert-OH is 1. The van der Waals surface area contributed by atoms with Crippen LogP contribution in [0.1, 0.15) is 13.8 Å². The van der Waals surface area contributed by atoms with Gasteiger partial charge in [-0.25, -0.2) is 9.79 Å². The minimum absolute atomic E-state index is 0.0196. The standard InChI is InChI=1S/C7H10N2O3/c1-4(10)6(5(2)11)3-9-7(8)12/h3,10H,1-2H3,(H2,8,12)/b6-4?,9-3-. The van der Waals surface area contributed by atoms with E-state index in [9.17, 15) is 9.59 Å². The van der Waals surface area contributed by atoms with E-state index in [1.807, 2.05) is 0 Å². The zero-order valence-corrected chi connectivity index (χ0v) is 6.87. The van der Waals surface area contributed by atoms with Crippen molar-refractivity contribution in [2.24, 2.45) is 10.7 Å². The molecule has 0 bridgehead atoms. The first kappa shape index (κ1) is 10.3. The first-order valence-electron chi connectivity index (χ1n) is 3.19. The Morgan fingerprint density at radius 1 is 1.42 bits per heavy atom. The normalized spacial score (nSPS) is 12.8. The molecule has 0 atom stereocenters. The van der Waals surface area contributed by atoms with Gasteiger partial charge >= 0.3 is 6.03 Å². The highest BCUT2D eigenvalue weighted by Gasteiger charge is 2.04. The Balaban J connectivity index is 4.70. The Kier molecular flexibility index (Phi) is 3.69. The van der Waals surface area contributed by atoms with Crippen molar-refractivity contribution in [3.05, 3.63) is 11.3 Å². The fourth-order valence-corrected chi connectivity index (χ4v) is 0.567. The average molecular weight is 170 g/mol. The maximum Gasteiger partial charge on any atom is 0.338 e. The molecule has 0 aliphatic rings. The van der Waals surface area contributed by atoms with Gasteiger partial charge in [0.1, 0.15) is 5.76 Å². The summed E-state index contributed by atoms with van der Waals surface area (Å²) < 4.78 is 0. The van der Waals surface area contributed by atoms with Gasteiger partial charge in [0.2, 0.25) is 0 Å². The van der Waals surface area contributed by atoms with Gasteiger partial charge in [0.15, 0.2) is 5.78 Å². The lowest BCUT2D eigenvalue weighted by molar-refractivity contribution is -0.113. The number of carbonyl (C=O) groups is 2. The summed E-state index contributed by atoms with van der Waals surface area (Å²) in [5.41, 5.74) is 4.67. The fourth-order valence-electron chi connectivity index (χ4n) is 0.567. The number of hydrogen-bond acceptors (Lipinski definition) is 3. The van der Waals surface area contributed by atoms with E-state index in [2.05, 4.69) is 10.7 Å². The quantitative estimate of drug-likeness (QED) is 0.360. The minimum atomic E-state index is -0.907. The number of hydrogen-bond donors (Lipinski definition) is 2. The van der Waals surface area contributed by atoms with Crippen molar-refractivity contribution in [1.82, 2.24) is 0 Å². The van der Waals surface area contributed by atoms with Crippen LogP contribution >= 0.6 is 0 Å². The molecule has 0 aromatic heterocycles. The zero-order chi connectivity index (χ0) is 9.72. The molecule has 5 nitrogen and oxygen atoms in total. The molecule has 2 amide bonds. The summed E-state index contributed by atoms with van der Waals surface area (Å²) in [6.07, 6.45) is 0.944. The maximum atomic E-state index is 10.7. The predicted molar refractivity (Wildman–Crippen MR) is 44.1 cm³/mol. The molecule has 0 spiro atoms. The molecule has 0 aromatic rings. The van der Waals surface area contributed by atoms with Crippen molar-refractivity contribution in [3.8, 4) is 0 Å². The van der Waals surface area contributed by atoms with E-state index in [0.29, 0.717) is 0 Å². The van der Waals surface area contributed by atoms with Crippen molar-refractivity contribution in [2.75, 3.05) is 0 Å². The number of primary amides is 1. The third-order valence-electron chi connectivity index (χ3n) is 1.09. The van der Waals surface area contributed by atoms with Crippen LogP contribution in [0.5, 0.6) is 0 Å². The van der Waals surface area contributed by atoms with Crippen LogP contribution in [0.2, 0.25) is 0 Å². The summed E-state index contributed by atoms with van der Waals surface area (Å²) in [7, 11) is 0. The second-order valence-electron chi connectivity index (χ2n) is 2.15. The van der Waals surface area contributed by atoms with E-state index < -0.39 is 6.03 Å². The number of aliphatic hydroxyl groups is 1. The van der Waals surface area contributed by atoms with Crippen LogP contribution in [0.3, 0.4) is 0 Å². The maximum absolute atomic E-state index is 10.7. The van der Waals surface area contributed by atoms with Gasteiger partial charge in [-0.2, -0.15) is 0 Å². The molecular weight excluding hydrogens is 160 g/mol. The highest BCUT2D eigenvalue weighted by Crippen LogP contribution is 1.98. The fraction of sp³-hybridized carbons (Fsp3) is 0.286. The predicted octanol–water partition coefficient (Wildman–Crippen LogP) is 0.557. The highest BCUT2D eigenvalue weighted by molar-refractivity contribution is 6.14. The molecule has 0 saturated heterocycles. The van der Waals surface area contributed by atoms with E-state index in [-0.39, 0.29) is 17.1 Å². The molecular formula is C7H10N2O3. The van der Waals surface area contributed by atoms with E-state index in [1.54, 1.807) is 0 Å². The molecule has 0 rings (SSSR count). The van der Waals surface area contributed by atoms with Gasteiger partial charge in [-0.1, -0.05) is 0 Å². The third-order valence-corrected chi connectivity index (χ3v) is 1.09. The van der Waals surface area contributed by atoms with Crippen molar-refractivity contribution in [3.63, 3.8) is 0 Å². The number of allylic oxidation sites excluding steroid dienone is 2. The first-order valence-corrected chi connectivity index (χ1v) is 3.19. The molecule has 5 heteroatoms. The lowest BCUT2D eigenvalue weighted by Gasteiger charge is -1.95. The van der Waals surface area contributed by atoms with Crippen molar-refractivity contribution in [2.45, 2.75) is 13.8 Å². The summed E-state index contributed by atoms with van der Waals surface area (Å²) >= 11 is 0. The topological polar surface area (TPSA) is 92.8 Å². The van der Waals surface area contributed by atoms with E-state index >= 15 is 0 Å². The Morgan fingerprint density at radius 2 is 1.92 bits per heavy atom. The Hall–Kier alpha value is -1.65. The van der Waals surface area contributed by atoms with Crippen LogP contribution in [0.25, 0.3) is 0 Å². The summed E-state index contributed by atoms with van der Waals surface area (Å²) in [4.78, 5) is 24.0. The monoisotopic (exact) mass is 170 g/mol. The number of urea groups is 1. The lowest BCUT2D eigenvalue weighted by Crippen LogP contribution is -2.07. The van der Waals surface area contributed by atoms with Gasteiger partial charge in [0.25, 0.3) is 0 Å². The molecule has 12 heavy (non-hydrogen) atoms. The number of Topliss-reactive ketones (excluding diaryl/α,β-unsaturated/α-hetero) is 1. The van der Waals surface area contributed by atoms with E-state index in [4.69, 9.17) is 5.11 Å². The van der Waals surface area contributed by atoms with Crippen molar-refractivity contribution >= 4 is 18.0 Å². The van der Waals surface area contributed by atoms with Crippen LogP contribution < -0.4 is 5.73 Å². The third kappa shape index (κ3) is 3.50. The number of amides is 2. The highest BCUT2D eigenvalue weighted by atomic mass is 16.3. The summed E-state index contributed by atoms with van der Waals surface area (Å²) in [5.74, 6) is -0.562. The van der Waals surface area contributed by atoms with Crippen molar-refractivity contribution < 1.29 is 14.7 Å².